The number of nitrogens with zero attached hydrogens (tertiary/aromatic N) is 1. The molecule has 6 nitrogen and oxygen atoms in total. The summed E-state index contributed by atoms with van der Waals surface area (Å²) in [5, 5.41) is 16.3. The fourth-order valence-corrected chi connectivity index (χ4v) is 2.37. The van der Waals surface area contributed by atoms with E-state index in [9.17, 15) is 23.7 Å². The topological polar surface area (TPSA) is 84.3 Å². The lowest BCUT2D eigenvalue weighted by atomic mass is 10.1. The van der Waals surface area contributed by atoms with E-state index in [0.29, 0.717) is 0 Å². The van der Waals surface area contributed by atoms with E-state index in [4.69, 9.17) is 0 Å². The molecular weight excluding hydrogens is 332 g/mol. The summed E-state index contributed by atoms with van der Waals surface area (Å²) in [6, 6.07) is 7.64. The van der Waals surface area contributed by atoms with Crippen LogP contribution in [0.15, 0.2) is 42.5 Å². The number of rotatable bonds is 6. The Morgan fingerprint density at radius 1 is 1.16 bits per heavy atom. The van der Waals surface area contributed by atoms with E-state index >= 15 is 0 Å². The van der Waals surface area contributed by atoms with Crippen LogP contribution in [0.3, 0.4) is 0 Å². The van der Waals surface area contributed by atoms with Gasteiger partial charge in [0.05, 0.1) is 11.0 Å². The minimum Gasteiger partial charge on any atom is -0.319 e. The van der Waals surface area contributed by atoms with Crippen LogP contribution in [0.25, 0.3) is 0 Å². The maximum absolute atomic E-state index is 13.8. The van der Waals surface area contributed by atoms with Gasteiger partial charge in [0.2, 0.25) is 5.91 Å². The first kappa shape index (κ1) is 18.5. The Morgan fingerprint density at radius 3 is 2.48 bits per heavy atom. The average Bonchev–Trinajstić information content (AvgIpc) is 2.54. The molecule has 0 aliphatic carbocycles. The van der Waals surface area contributed by atoms with Crippen LogP contribution in [0, 0.1) is 21.7 Å². The fraction of sp³-hybridized carbons (Fsp3) is 0.235. The number of amides is 1. The van der Waals surface area contributed by atoms with E-state index in [2.05, 4.69) is 10.6 Å². The number of halogens is 2. The van der Waals surface area contributed by atoms with Crippen molar-refractivity contribution in [3.05, 3.63) is 69.8 Å². The molecule has 132 valence electrons. The molecular formula is C17H17F2N3O3. The van der Waals surface area contributed by atoms with Crippen molar-refractivity contribution in [2.75, 3.05) is 5.32 Å². The second kappa shape index (κ2) is 7.80. The molecule has 0 aliphatic heterocycles. The third kappa shape index (κ3) is 4.57. The van der Waals surface area contributed by atoms with Gasteiger partial charge >= 0.3 is 0 Å². The zero-order valence-electron chi connectivity index (χ0n) is 13.6. The summed E-state index contributed by atoms with van der Waals surface area (Å²) in [4.78, 5) is 22.6. The van der Waals surface area contributed by atoms with Gasteiger partial charge in [-0.3, -0.25) is 20.2 Å². The monoisotopic (exact) mass is 349 g/mol. The number of nitro groups is 1. The molecule has 0 heterocycles. The number of anilines is 1. The highest BCUT2D eigenvalue weighted by molar-refractivity contribution is 5.96. The minimum atomic E-state index is -0.765. The number of benzene rings is 2. The molecule has 0 saturated carbocycles. The highest BCUT2D eigenvalue weighted by atomic mass is 19.1. The van der Waals surface area contributed by atoms with Gasteiger partial charge in [0.1, 0.15) is 17.3 Å². The standard InChI is InChI=1S/C17H17F2N3O3/c1-10(13-8-7-12(18)9-14(13)19)20-11(2)17(23)21-15-5-3-4-6-16(15)22(24)25/h3-11,20H,1-2H3,(H,21,23)/t10-,11-/m1/s1. The maximum Gasteiger partial charge on any atom is 0.292 e. The number of carbonyl (C=O) groups is 1. The van der Waals surface area contributed by atoms with Gasteiger partial charge in [0.15, 0.2) is 0 Å². The zero-order valence-corrected chi connectivity index (χ0v) is 13.6. The number of carbonyl (C=O) groups excluding carboxylic acids is 1. The van der Waals surface area contributed by atoms with E-state index in [1.54, 1.807) is 19.9 Å². The lowest BCUT2D eigenvalue weighted by Gasteiger charge is -2.20. The predicted molar refractivity (Wildman–Crippen MR) is 89.1 cm³/mol. The SMILES string of the molecule is C[C@@H](N[C@H](C)c1ccc(F)cc1F)C(=O)Nc1ccccc1[N+](=O)[O-]. The molecule has 0 aromatic heterocycles. The largest absolute Gasteiger partial charge is 0.319 e. The summed E-state index contributed by atoms with van der Waals surface area (Å²) >= 11 is 0. The Morgan fingerprint density at radius 2 is 1.84 bits per heavy atom. The molecule has 25 heavy (non-hydrogen) atoms. The van der Waals surface area contributed by atoms with E-state index in [1.807, 2.05) is 0 Å². The summed E-state index contributed by atoms with van der Waals surface area (Å²) in [6.45, 7) is 3.17. The van der Waals surface area contributed by atoms with Crippen LogP contribution >= 0.6 is 0 Å². The van der Waals surface area contributed by atoms with Crippen molar-refractivity contribution in [2.45, 2.75) is 25.9 Å². The van der Waals surface area contributed by atoms with Crippen LogP contribution in [-0.4, -0.2) is 16.9 Å². The van der Waals surface area contributed by atoms with Gasteiger partial charge in [-0.1, -0.05) is 18.2 Å². The molecule has 2 atom stereocenters. The summed E-state index contributed by atoms with van der Waals surface area (Å²) in [5.41, 5.74) is 0.0687. The molecule has 1 amide bonds. The third-order valence-corrected chi connectivity index (χ3v) is 3.68. The van der Waals surface area contributed by atoms with Gasteiger partial charge in [-0.15, -0.1) is 0 Å². The normalized spacial score (nSPS) is 13.1. The quantitative estimate of drug-likeness (QED) is 0.617. The molecule has 0 radical (unpaired) electrons. The van der Waals surface area contributed by atoms with Crippen molar-refractivity contribution in [1.29, 1.82) is 0 Å². The second-order valence-electron chi connectivity index (χ2n) is 5.54. The highest BCUT2D eigenvalue weighted by Crippen LogP contribution is 2.23. The van der Waals surface area contributed by atoms with Crippen molar-refractivity contribution >= 4 is 17.3 Å². The first-order valence-electron chi connectivity index (χ1n) is 7.55. The Bertz CT molecular complexity index is 798. The molecule has 0 bridgehead atoms. The highest BCUT2D eigenvalue weighted by Gasteiger charge is 2.21. The summed E-state index contributed by atoms with van der Waals surface area (Å²) in [7, 11) is 0. The van der Waals surface area contributed by atoms with Crippen molar-refractivity contribution in [3.8, 4) is 0 Å². The van der Waals surface area contributed by atoms with Crippen molar-refractivity contribution in [1.82, 2.24) is 5.32 Å². The van der Waals surface area contributed by atoms with Crippen LogP contribution in [0.2, 0.25) is 0 Å². The van der Waals surface area contributed by atoms with Crippen LogP contribution in [0.4, 0.5) is 20.2 Å². The molecule has 0 unspecified atom stereocenters. The van der Waals surface area contributed by atoms with E-state index in [-0.39, 0.29) is 16.9 Å². The lowest BCUT2D eigenvalue weighted by Crippen LogP contribution is -2.39. The maximum atomic E-state index is 13.8. The Hall–Kier alpha value is -2.87. The Balaban J connectivity index is 2.06. The van der Waals surface area contributed by atoms with Crippen LogP contribution < -0.4 is 10.6 Å². The van der Waals surface area contributed by atoms with Gasteiger partial charge < -0.3 is 5.32 Å². The Labute approximate surface area is 143 Å². The molecule has 0 fully saturated rings. The minimum absolute atomic E-state index is 0.0757. The first-order valence-corrected chi connectivity index (χ1v) is 7.55. The predicted octanol–water partition coefficient (Wildman–Crippen LogP) is 3.55. The number of nitro benzene ring substituents is 1. The molecule has 8 heteroatoms. The number of nitrogens with one attached hydrogen (secondary N) is 2. The molecule has 0 spiro atoms. The fourth-order valence-electron chi connectivity index (χ4n) is 2.37. The molecule has 2 N–H and O–H groups in total. The number of hydrogen-bond acceptors (Lipinski definition) is 4. The van der Waals surface area contributed by atoms with Gasteiger partial charge in [0, 0.05) is 23.7 Å². The van der Waals surface area contributed by atoms with Gasteiger partial charge in [0.25, 0.3) is 5.69 Å². The average molecular weight is 349 g/mol. The number of para-hydroxylation sites is 2. The lowest BCUT2D eigenvalue weighted by molar-refractivity contribution is -0.383. The van der Waals surface area contributed by atoms with Crippen LogP contribution in [0.5, 0.6) is 0 Å². The molecule has 0 saturated heterocycles. The first-order chi connectivity index (χ1) is 11.8. The van der Waals surface area contributed by atoms with Crippen molar-refractivity contribution < 1.29 is 18.5 Å². The van der Waals surface area contributed by atoms with Gasteiger partial charge in [-0.25, -0.2) is 8.78 Å². The Kier molecular flexibility index (Phi) is 5.76. The van der Waals surface area contributed by atoms with Crippen molar-refractivity contribution in [2.24, 2.45) is 0 Å². The van der Waals surface area contributed by atoms with Gasteiger partial charge in [-0.2, -0.15) is 0 Å². The van der Waals surface area contributed by atoms with E-state index in [1.165, 1.54) is 24.3 Å². The summed E-state index contributed by atoms with van der Waals surface area (Å²) in [6.07, 6.45) is 0. The smallest absolute Gasteiger partial charge is 0.292 e. The summed E-state index contributed by atoms with van der Waals surface area (Å²) in [5.74, 6) is -1.91. The van der Waals surface area contributed by atoms with Crippen LogP contribution in [-0.2, 0) is 4.79 Å². The van der Waals surface area contributed by atoms with E-state index < -0.39 is 34.5 Å². The molecule has 2 rings (SSSR count). The molecule has 0 aliphatic rings. The van der Waals surface area contributed by atoms with Crippen molar-refractivity contribution in [3.63, 3.8) is 0 Å². The zero-order chi connectivity index (χ0) is 18.6. The molecule has 2 aromatic carbocycles. The molecule has 2 aromatic rings. The number of hydrogen-bond donors (Lipinski definition) is 2. The van der Waals surface area contributed by atoms with Crippen LogP contribution in [0.1, 0.15) is 25.5 Å². The third-order valence-electron chi connectivity index (χ3n) is 3.68. The van der Waals surface area contributed by atoms with E-state index in [0.717, 1.165) is 12.1 Å². The van der Waals surface area contributed by atoms with Gasteiger partial charge in [-0.05, 0) is 26.0 Å². The second-order valence-corrected chi connectivity index (χ2v) is 5.54. The summed E-state index contributed by atoms with van der Waals surface area (Å²) < 4.78 is 26.8.